The fraction of sp³-hybridized carbons (Fsp3) is 0.562. The predicted octanol–water partition coefficient (Wildman–Crippen LogP) is 2.92. The first-order valence-corrected chi connectivity index (χ1v) is 8.26. The fourth-order valence-corrected chi connectivity index (χ4v) is 3.32. The van der Waals surface area contributed by atoms with Gasteiger partial charge in [-0.25, -0.2) is 0 Å². The molecular weight excluding hydrogens is 332 g/mol. The number of rotatable bonds is 5. The van der Waals surface area contributed by atoms with E-state index in [-0.39, 0.29) is 11.7 Å². The Bertz CT molecular complexity index is 513. The topological polar surface area (TPSA) is 52.6 Å². The van der Waals surface area contributed by atoms with E-state index in [1.54, 1.807) is 12.1 Å². The van der Waals surface area contributed by atoms with E-state index in [0.29, 0.717) is 22.5 Å². The average Bonchev–Trinajstić information content (AvgIpc) is 2.93. The van der Waals surface area contributed by atoms with E-state index in [9.17, 15) is 9.90 Å². The number of phenolic OH excluding ortho intramolecular Hbond substituents is 1. The Hall–Kier alpha value is -1.07. The molecule has 1 saturated heterocycles. The molecule has 1 fully saturated rings. The zero-order chi connectivity index (χ0) is 15.4. The van der Waals surface area contributed by atoms with Crippen LogP contribution >= 0.6 is 15.9 Å². The molecule has 1 atom stereocenters. The summed E-state index contributed by atoms with van der Waals surface area (Å²) in [5, 5.41) is 12.9. The lowest BCUT2D eigenvalue weighted by Crippen LogP contribution is -2.34. The van der Waals surface area contributed by atoms with Crippen LogP contribution in [0.25, 0.3) is 0 Å². The Morgan fingerprint density at radius 1 is 1.43 bits per heavy atom. The van der Waals surface area contributed by atoms with Crippen molar-refractivity contribution >= 4 is 21.8 Å². The van der Waals surface area contributed by atoms with Crippen molar-refractivity contribution in [2.24, 2.45) is 5.92 Å². The molecule has 1 aliphatic heterocycles. The highest BCUT2D eigenvalue weighted by atomic mass is 79.9. The zero-order valence-corrected chi connectivity index (χ0v) is 14.2. The summed E-state index contributed by atoms with van der Waals surface area (Å²) in [5.74, 6) is 0.193. The second-order valence-electron chi connectivity index (χ2n) is 5.97. The number of benzene rings is 1. The van der Waals surface area contributed by atoms with Crippen LogP contribution in [-0.2, 0) is 0 Å². The monoisotopic (exact) mass is 354 g/mol. The Labute approximate surface area is 134 Å². The molecule has 21 heavy (non-hydrogen) atoms. The van der Waals surface area contributed by atoms with Gasteiger partial charge in [0, 0.05) is 13.1 Å². The Kier molecular flexibility index (Phi) is 5.65. The van der Waals surface area contributed by atoms with E-state index >= 15 is 0 Å². The van der Waals surface area contributed by atoms with Crippen molar-refractivity contribution in [3.8, 4) is 5.75 Å². The van der Waals surface area contributed by atoms with E-state index in [2.05, 4.69) is 33.1 Å². The molecule has 0 radical (unpaired) electrons. The zero-order valence-electron chi connectivity index (χ0n) is 12.7. The number of nitrogens with zero attached hydrogens (tertiary/aromatic N) is 1. The first-order valence-electron chi connectivity index (χ1n) is 7.47. The number of aromatic hydroxyl groups is 1. The van der Waals surface area contributed by atoms with Crippen LogP contribution in [0.1, 0.15) is 35.7 Å². The van der Waals surface area contributed by atoms with Crippen molar-refractivity contribution in [2.45, 2.75) is 26.7 Å². The second kappa shape index (κ2) is 7.27. The van der Waals surface area contributed by atoms with E-state index in [1.807, 2.05) is 6.92 Å². The highest BCUT2D eigenvalue weighted by molar-refractivity contribution is 9.10. The molecule has 1 aliphatic rings. The molecule has 0 aliphatic carbocycles. The van der Waals surface area contributed by atoms with Crippen molar-refractivity contribution < 1.29 is 9.90 Å². The van der Waals surface area contributed by atoms with Crippen molar-refractivity contribution in [2.75, 3.05) is 26.2 Å². The number of aryl methyl sites for hydroxylation is 1. The van der Waals surface area contributed by atoms with Gasteiger partial charge in [-0.15, -0.1) is 0 Å². The molecule has 4 nitrogen and oxygen atoms in total. The van der Waals surface area contributed by atoms with Gasteiger partial charge in [-0.05, 0) is 72.4 Å². The first kappa shape index (κ1) is 16.3. The van der Waals surface area contributed by atoms with Gasteiger partial charge in [0.1, 0.15) is 5.75 Å². The van der Waals surface area contributed by atoms with Gasteiger partial charge in [-0.2, -0.15) is 0 Å². The lowest BCUT2D eigenvalue weighted by Gasteiger charge is -2.20. The minimum Gasteiger partial charge on any atom is -0.506 e. The Morgan fingerprint density at radius 3 is 2.76 bits per heavy atom. The average molecular weight is 355 g/mol. The number of amides is 1. The molecule has 5 heteroatoms. The molecule has 1 aromatic carbocycles. The summed E-state index contributed by atoms with van der Waals surface area (Å²) in [6.45, 7) is 8.03. The number of hydrogen-bond donors (Lipinski definition) is 2. The van der Waals surface area contributed by atoms with E-state index in [1.165, 1.54) is 25.9 Å². The summed E-state index contributed by atoms with van der Waals surface area (Å²) < 4.78 is 0.553. The van der Waals surface area contributed by atoms with Crippen molar-refractivity contribution in [3.63, 3.8) is 0 Å². The standard InChI is InChI=1S/C16H23BrN2O2/c1-11-7-13(15(20)14(17)8-11)16(21)18-9-12(2)10-19-5-3-4-6-19/h7-8,12,20H,3-6,9-10H2,1-2H3,(H,18,21). The van der Waals surface area contributed by atoms with Crippen molar-refractivity contribution in [1.82, 2.24) is 10.2 Å². The second-order valence-corrected chi connectivity index (χ2v) is 6.82. The largest absolute Gasteiger partial charge is 0.506 e. The lowest BCUT2D eigenvalue weighted by molar-refractivity contribution is 0.0942. The third-order valence-corrected chi connectivity index (χ3v) is 4.44. The highest BCUT2D eigenvalue weighted by Gasteiger charge is 2.17. The summed E-state index contributed by atoms with van der Waals surface area (Å²) >= 11 is 3.27. The summed E-state index contributed by atoms with van der Waals surface area (Å²) in [7, 11) is 0. The number of likely N-dealkylation sites (tertiary alicyclic amines) is 1. The van der Waals surface area contributed by atoms with E-state index < -0.39 is 0 Å². The van der Waals surface area contributed by atoms with Gasteiger partial charge in [0.15, 0.2) is 0 Å². The van der Waals surface area contributed by atoms with Gasteiger partial charge in [0.05, 0.1) is 10.0 Å². The number of hydrogen-bond acceptors (Lipinski definition) is 3. The van der Waals surface area contributed by atoms with E-state index in [0.717, 1.165) is 12.1 Å². The minimum atomic E-state index is -0.217. The molecule has 1 unspecified atom stereocenters. The molecule has 0 aromatic heterocycles. The van der Waals surface area contributed by atoms with Crippen LogP contribution < -0.4 is 5.32 Å². The normalized spacial score (nSPS) is 16.9. The maximum atomic E-state index is 12.2. The summed E-state index contributed by atoms with van der Waals surface area (Å²) in [6, 6.07) is 3.50. The van der Waals surface area contributed by atoms with Crippen LogP contribution in [0, 0.1) is 12.8 Å². The van der Waals surface area contributed by atoms with Gasteiger partial charge in [-0.1, -0.05) is 6.92 Å². The number of nitrogens with one attached hydrogen (secondary N) is 1. The number of halogens is 1. The third-order valence-electron chi connectivity index (χ3n) is 3.83. The molecule has 0 saturated carbocycles. The summed E-state index contributed by atoms with van der Waals surface area (Å²) in [4.78, 5) is 14.6. The Morgan fingerprint density at radius 2 is 2.10 bits per heavy atom. The molecular formula is C16H23BrN2O2. The quantitative estimate of drug-likeness (QED) is 0.854. The van der Waals surface area contributed by atoms with Gasteiger partial charge < -0.3 is 15.3 Å². The van der Waals surface area contributed by atoms with Crippen molar-refractivity contribution in [3.05, 3.63) is 27.7 Å². The fourth-order valence-electron chi connectivity index (χ4n) is 2.74. The van der Waals surface area contributed by atoms with Crippen LogP contribution in [0.4, 0.5) is 0 Å². The molecule has 0 spiro atoms. The van der Waals surface area contributed by atoms with Crippen LogP contribution in [0.3, 0.4) is 0 Å². The third kappa shape index (κ3) is 4.45. The Balaban J connectivity index is 1.89. The lowest BCUT2D eigenvalue weighted by atomic mass is 10.1. The van der Waals surface area contributed by atoms with Gasteiger partial charge in [0.2, 0.25) is 0 Å². The first-order chi connectivity index (χ1) is 9.97. The molecule has 1 aromatic rings. The number of carbonyl (C=O) groups is 1. The molecule has 1 amide bonds. The maximum Gasteiger partial charge on any atom is 0.255 e. The minimum absolute atomic E-state index is 0.00490. The molecule has 2 rings (SSSR count). The van der Waals surface area contributed by atoms with Crippen LogP contribution in [-0.4, -0.2) is 42.1 Å². The SMILES string of the molecule is Cc1cc(Br)c(O)c(C(=O)NCC(C)CN2CCCC2)c1. The molecule has 1 heterocycles. The summed E-state index contributed by atoms with van der Waals surface area (Å²) in [6.07, 6.45) is 2.56. The van der Waals surface area contributed by atoms with Crippen LogP contribution in [0.15, 0.2) is 16.6 Å². The molecule has 2 N–H and O–H groups in total. The van der Waals surface area contributed by atoms with Gasteiger partial charge in [0.25, 0.3) is 5.91 Å². The van der Waals surface area contributed by atoms with Crippen LogP contribution in [0.2, 0.25) is 0 Å². The van der Waals surface area contributed by atoms with E-state index in [4.69, 9.17) is 0 Å². The number of carbonyl (C=O) groups excluding carboxylic acids is 1. The summed E-state index contributed by atoms with van der Waals surface area (Å²) in [5.41, 5.74) is 1.27. The molecule has 0 bridgehead atoms. The maximum absolute atomic E-state index is 12.2. The van der Waals surface area contributed by atoms with Gasteiger partial charge >= 0.3 is 0 Å². The van der Waals surface area contributed by atoms with Crippen molar-refractivity contribution in [1.29, 1.82) is 0 Å². The van der Waals surface area contributed by atoms with Gasteiger partial charge in [-0.3, -0.25) is 4.79 Å². The highest BCUT2D eigenvalue weighted by Crippen LogP contribution is 2.29. The smallest absolute Gasteiger partial charge is 0.255 e. The number of phenols is 1. The van der Waals surface area contributed by atoms with Crippen LogP contribution in [0.5, 0.6) is 5.75 Å². The molecule has 116 valence electrons. The predicted molar refractivity (Wildman–Crippen MR) is 87.7 cm³/mol.